The van der Waals surface area contributed by atoms with Gasteiger partial charge in [-0.05, 0) is 26.3 Å². The molecular weight excluding hydrogens is 238 g/mol. The standard InChI is InChI=1S/C12H19NO3S/c1-12(2,3)17(15,16)13-11(9-14)10-7-5-4-6-8-10/h4-8,11,13-14H,9H2,1-3H3. The molecule has 0 aliphatic heterocycles. The second kappa shape index (κ2) is 5.16. The van der Waals surface area contributed by atoms with E-state index in [1.54, 1.807) is 32.9 Å². The fraction of sp³-hybridized carbons (Fsp3) is 0.500. The van der Waals surface area contributed by atoms with Gasteiger partial charge < -0.3 is 5.11 Å². The molecule has 0 aliphatic carbocycles. The number of benzene rings is 1. The van der Waals surface area contributed by atoms with Gasteiger partial charge in [-0.15, -0.1) is 0 Å². The lowest BCUT2D eigenvalue weighted by molar-refractivity contribution is 0.258. The SMILES string of the molecule is CC(C)(C)S(=O)(=O)NC(CO)c1ccccc1. The van der Waals surface area contributed by atoms with Crippen molar-refractivity contribution in [1.29, 1.82) is 0 Å². The molecule has 0 saturated carbocycles. The van der Waals surface area contributed by atoms with Crippen LogP contribution in [0.2, 0.25) is 0 Å². The average molecular weight is 257 g/mol. The smallest absolute Gasteiger partial charge is 0.217 e. The second-order valence-corrected chi connectivity index (χ2v) is 7.35. The molecule has 1 rings (SSSR count). The molecule has 0 radical (unpaired) electrons. The maximum atomic E-state index is 12.0. The van der Waals surface area contributed by atoms with Crippen LogP contribution in [0.25, 0.3) is 0 Å². The van der Waals surface area contributed by atoms with Gasteiger partial charge in [0.15, 0.2) is 0 Å². The van der Waals surface area contributed by atoms with Gasteiger partial charge in [0.05, 0.1) is 17.4 Å². The van der Waals surface area contributed by atoms with Gasteiger partial charge in [-0.1, -0.05) is 30.3 Å². The highest BCUT2D eigenvalue weighted by molar-refractivity contribution is 7.90. The molecule has 5 heteroatoms. The Bertz CT molecular complexity index is 448. The van der Waals surface area contributed by atoms with E-state index >= 15 is 0 Å². The van der Waals surface area contributed by atoms with E-state index in [4.69, 9.17) is 0 Å². The van der Waals surface area contributed by atoms with E-state index in [0.29, 0.717) is 0 Å². The number of hydrogen-bond donors (Lipinski definition) is 2. The molecule has 4 nitrogen and oxygen atoms in total. The summed E-state index contributed by atoms with van der Waals surface area (Å²) in [6.07, 6.45) is 0. The molecule has 0 aliphatic rings. The predicted molar refractivity (Wildman–Crippen MR) is 68.1 cm³/mol. The van der Waals surface area contributed by atoms with E-state index in [1.807, 2.05) is 18.2 Å². The summed E-state index contributed by atoms with van der Waals surface area (Å²) in [6.45, 7) is 4.59. The Morgan fingerprint density at radius 2 is 1.76 bits per heavy atom. The van der Waals surface area contributed by atoms with E-state index < -0.39 is 20.8 Å². The molecular formula is C12H19NO3S. The lowest BCUT2D eigenvalue weighted by Gasteiger charge is -2.24. The lowest BCUT2D eigenvalue weighted by Crippen LogP contribution is -2.42. The van der Waals surface area contributed by atoms with Crippen molar-refractivity contribution in [3.05, 3.63) is 35.9 Å². The summed E-state index contributed by atoms with van der Waals surface area (Å²) in [5.41, 5.74) is 0.753. The van der Waals surface area contributed by atoms with Crippen molar-refractivity contribution >= 4 is 10.0 Å². The van der Waals surface area contributed by atoms with Gasteiger partial charge in [-0.25, -0.2) is 13.1 Å². The molecule has 0 saturated heterocycles. The molecule has 0 heterocycles. The Labute approximate surface area is 103 Å². The highest BCUT2D eigenvalue weighted by Crippen LogP contribution is 2.19. The van der Waals surface area contributed by atoms with Gasteiger partial charge in [-0.2, -0.15) is 0 Å². The lowest BCUT2D eigenvalue weighted by atomic mass is 10.1. The van der Waals surface area contributed by atoms with E-state index in [1.165, 1.54) is 0 Å². The first-order chi connectivity index (χ1) is 7.78. The molecule has 0 amide bonds. The van der Waals surface area contributed by atoms with Gasteiger partial charge in [0.1, 0.15) is 0 Å². The van der Waals surface area contributed by atoms with Gasteiger partial charge >= 0.3 is 0 Å². The zero-order valence-corrected chi connectivity index (χ0v) is 11.2. The Morgan fingerprint density at radius 3 is 2.18 bits per heavy atom. The van der Waals surface area contributed by atoms with Crippen molar-refractivity contribution in [2.75, 3.05) is 6.61 Å². The topological polar surface area (TPSA) is 66.4 Å². The molecule has 2 N–H and O–H groups in total. The Hall–Kier alpha value is -0.910. The Morgan fingerprint density at radius 1 is 1.24 bits per heavy atom. The van der Waals surface area contributed by atoms with Crippen LogP contribution in [0.4, 0.5) is 0 Å². The minimum Gasteiger partial charge on any atom is -0.394 e. The van der Waals surface area contributed by atoms with Crippen LogP contribution < -0.4 is 4.72 Å². The van der Waals surface area contributed by atoms with Crippen LogP contribution in [0.1, 0.15) is 32.4 Å². The van der Waals surface area contributed by atoms with Crippen LogP contribution >= 0.6 is 0 Å². The summed E-state index contributed by atoms with van der Waals surface area (Å²) in [5.74, 6) is 0. The third kappa shape index (κ3) is 3.52. The quantitative estimate of drug-likeness (QED) is 0.857. The third-order valence-electron chi connectivity index (χ3n) is 2.49. The van der Waals surface area contributed by atoms with Crippen molar-refractivity contribution in [2.45, 2.75) is 31.6 Å². The number of nitrogens with one attached hydrogen (secondary N) is 1. The first kappa shape index (κ1) is 14.2. The van der Waals surface area contributed by atoms with Crippen molar-refractivity contribution in [3.8, 4) is 0 Å². The molecule has 0 spiro atoms. The Balaban J connectivity index is 2.94. The van der Waals surface area contributed by atoms with E-state index in [-0.39, 0.29) is 6.61 Å². The number of hydrogen-bond acceptors (Lipinski definition) is 3. The fourth-order valence-electron chi connectivity index (χ4n) is 1.26. The van der Waals surface area contributed by atoms with E-state index in [0.717, 1.165) is 5.56 Å². The molecule has 1 unspecified atom stereocenters. The summed E-state index contributed by atoms with van der Waals surface area (Å²) in [5, 5.41) is 9.28. The molecule has 1 aromatic rings. The number of aliphatic hydroxyl groups excluding tert-OH is 1. The second-order valence-electron chi connectivity index (χ2n) is 4.88. The molecule has 17 heavy (non-hydrogen) atoms. The number of rotatable bonds is 4. The van der Waals surface area contributed by atoms with Crippen molar-refractivity contribution in [2.24, 2.45) is 0 Å². The van der Waals surface area contributed by atoms with Crippen LogP contribution in [0.3, 0.4) is 0 Å². The summed E-state index contributed by atoms with van der Waals surface area (Å²) in [4.78, 5) is 0. The van der Waals surface area contributed by atoms with Crippen LogP contribution in [0.15, 0.2) is 30.3 Å². The van der Waals surface area contributed by atoms with Gasteiger partial charge in [-0.3, -0.25) is 0 Å². The summed E-state index contributed by atoms with van der Waals surface area (Å²) in [7, 11) is -3.47. The summed E-state index contributed by atoms with van der Waals surface area (Å²) >= 11 is 0. The first-order valence-electron chi connectivity index (χ1n) is 5.45. The minimum absolute atomic E-state index is 0.265. The maximum absolute atomic E-state index is 12.0. The van der Waals surface area contributed by atoms with Crippen LogP contribution in [-0.2, 0) is 10.0 Å². The van der Waals surface area contributed by atoms with Crippen molar-refractivity contribution in [3.63, 3.8) is 0 Å². The van der Waals surface area contributed by atoms with Crippen molar-refractivity contribution < 1.29 is 13.5 Å². The first-order valence-corrected chi connectivity index (χ1v) is 6.94. The maximum Gasteiger partial charge on any atom is 0.217 e. The normalized spacial score (nSPS) is 14.6. The number of sulfonamides is 1. The fourth-order valence-corrected chi connectivity index (χ4v) is 2.20. The summed E-state index contributed by atoms with van der Waals surface area (Å²) in [6, 6.07) is 8.43. The summed E-state index contributed by atoms with van der Waals surface area (Å²) < 4.78 is 25.6. The minimum atomic E-state index is -3.47. The highest BCUT2D eigenvalue weighted by Gasteiger charge is 2.31. The zero-order chi connectivity index (χ0) is 13.1. The zero-order valence-electron chi connectivity index (χ0n) is 10.3. The van der Waals surface area contributed by atoms with E-state index in [9.17, 15) is 13.5 Å². The predicted octanol–water partition coefficient (Wildman–Crippen LogP) is 1.44. The van der Waals surface area contributed by atoms with Crippen LogP contribution in [0.5, 0.6) is 0 Å². The molecule has 0 fully saturated rings. The van der Waals surface area contributed by atoms with Gasteiger partial charge in [0, 0.05) is 0 Å². The monoisotopic (exact) mass is 257 g/mol. The molecule has 96 valence electrons. The molecule has 0 aromatic heterocycles. The molecule has 1 atom stereocenters. The van der Waals surface area contributed by atoms with Crippen molar-refractivity contribution in [1.82, 2.24) is 4.72 Å². The van der Waals surface area contributed by atoms with Crippen LogP contribution in [0, 0.1) is 0 Å². The largest absolute Gasteiger partial charge is 0.394 e. The van der Waals surface area contributed by atoms with E-state index in [2.05, 4.69) is 4.72 Å². The van der Waals surface area contributed by atoms with Crippen LogP contribution in [-0.4, -0.2) is 24.9 Å². The van der Waals surface area contributed by atoms with Gasteiger partial charge in [0.25, 0.3) is 0 Å². The average Bonchev–Trinajstić information content (AvgIpc) is 2.25. The Kier molecular flexibility index (Phi) is 4.30. The molecule has 1 aromatic carbocycles. The third-order valence-corrected chi connectivity index (χ3v) is 4.70. The molecule has 0 bridgehead atoms. The number of aliphatic hydroxyl groups is 1. The highest BCUT2D eigenvalue weighted by atomic mass is 32.2. The van der Waals surface area contributed by atoms with Gasteiger partial charge in [0.2, 0.25) is 10.0 Å².